The number of carbonyl (C=O) groups is 2. The number of carbonyl (C=O) groups excluding carboxylic acids is 1. The molecule has 6 nitrogen and oxygen atoms in total. The number of rotatable bonds is 6. The van der Waals surface area contributed by atoms with Gasteiger partial charge in [0, 0.05) is 23.5 Å². The normalized spacial score (nSPS) is 12.0. The standard InChI is InChI=1S/C19H18N2O4/c20-15(18(22)23)9-13-10-21-16-8-4-7-14(17(13)16)19(24)25-11-12-5-2-1-3-6-12/h1-8,10,15,21H,9,11,20H2,(H,22,23)/t15-/m0/s1. The minimum atomic E-state index is -1.08. The Hall–Kier alpha value is -3.12. The number of nitrogens with two attached hydrogens (primary N) is 1. The van der Waals surface area contributed by atoms with Gasteiger partial charge in [-0.25, -0.2) is 4.79 Å². The van der Waals surface area contributed by atoms with Gasteiger partial charge in [-0.3, -0.25) is 4.79 Å². The maximum Gasteiger partial charge on any atom is 0.339 e. The van der Waals surface area contributed by atoms with Gasteiger partial charge >= 0.3 is 11.9 Å². The summed E-state index contributed by atoms with van der Waals surface area (Å²) in [5.74, 6) is -1.54. The molecule has 3 aromatic rings. The predicted octanol–water partition coefficient (Wildman–Crippen LogP) is 2.48. The second kappa shape index (κ2) is 7.19. The number of aromatic nitrogens is 1. The van der Waals surface area contributed by atoms with E-state index >= 15 is 0 Å². The summed E-state index contributed by atoms with van der Waals surface area (Å²) in [6.07, 6.45) is 1.81. The number of esters is 1. The summed E-state index contributed by atoms with van der Waals surface area (Å²) in [4.78, 5) is 26.6. The van der Waals surface area contributed by atoms with E-state index < -0.39 is 18.0 Å². The molecule has 25 heavy (non-hydrogen) atoms. The Balaban J connectivity index is 1.86. The Morgan fingerprint density at radius 2 is 1.88 bits per heavy atom. The largest absolute Gasteiger partial charge is 0.480 e. The molecule has 0 bridgehead atoms. The second-order valence-electron chi connectivity index (χ2n) is 5.75. The zero-order valence-electron chi connectivity index (χ0n) is 13.4. The highest BCUT2D eigenvalue weighted by atomic mass is 16.5. The van der Waals surface area contributed by atoms with Gasteiger partial charge in [0.05, 0.1) is 5.56 Å². The molecule has 0 saturated carbocycles. The summed E-state index contributed by atoms with van der Waals surface area (Å²) < 4.78 is 5.40. The molecule has 6 heteroatoms. The molecule has 2 aromatic carbocycles. The van der Waals surface area contributed by atoms with E-state index in [1.54, 1.807) is 18.3 Å². The lowest BCUT2D eigenvalue weighted by Gasteiger charge is -2.09. The van der Waals surface area contributed by atoms with Gasteiger partial charge in [-0.1, -0.05) is 36.4 Å². The molecule has 1 atom stereocenters. The van der Waals surface area contributed by atoms with E-state index in [1.165, 1.54) is 0 Å². The predicted molar refractivity (Wildman–Crippen MR) is 93.2 cm³/mol. The Bertz CT molecular complexity index is 902. The average molecular weight is 338 g/mol. The van der Waals surface area contributed by atoms with Gasteiger partial charge in [0.1, 0.15) is 12.6 Å². The van der Waals surface area contributed by atoms with Gasteiger partial charge in [-0.15, -0.1) is 0 Å². The lowest BCUT2D eigenvalue weighted by molar-refractivity contribution is -0.138. The van der Waals surface area contributed by atoms with Crippen LogP contribution in [0.4, 0.5) is 0 Å². The highest BCUT2D eigenvalue weighted by Crippen LogP contribution is 2.24. The van der Waals surface area contributed by atoms with Crippen LogP contribution in [0.5, 0.6) is 0 Å². The van der Waals surface area contributed by atoms with Crippen LogP contribution in [0.2, 0.25) is 0 Å². The summed E-state index contributed by atoms with van der Waals surface area (Å²) >= 11 is 0. The number of aromatic amines is 1. The van der Waals surface area contributed by atoms with Gasteiger partial charge in [0.15, 0.2) is 0 Å². The van der Waals surface area contributed by atoms with Crippen LogP contribution in [0, 0.1) is 0 Å². The van der Waals surface area contributed by atoms with Crippen molar-refractivity contribution in [2.45, 2.75) is 19.1 Å². The first kappa shape index (κ1) is 16.7. The van der Waals surface area contributed by atoms with Crippen LogP contribution in [0.15, 0.2) is 54.7 Å². The highest BCUT2D eigenvalue weighted by Gasteiger charge is 2.19. The van der Waals surface area contributed by atoms with E-state index in [0.717, 1.165) is 11.1 Å². The molecule has 0 saturated heterocycles. The number of aliphatic carboxylic acids is 1. The molecule has 0 fully saturated rings. The van der Waals surface area contributed by atoms with Crippen LogP contribution in [-0.2, 0) is 22.6 Å². The Kier molecular flexibility index (Phi) is 4.81. The number of ether oxygens (including phenoxy) is 1. The third-order valence-electron chi connectivity index (χ3n) is 3.98. The fraction of sp³-hybridized carbons (Fsp3) is 0.158. The first-order chi connectivity index (χ1) is 12.1. The van der Waals surface area contributed by atoms with Crippen molar-refractivity contribution in [1.29, 1.82) is 0 Å². The van der Waals surface area contributed by atoms with E-state index in [9.17, 15) is 9.59 Å². The van der Waals surface area contributed by atoms with Crippen LogP contribution >= 0.6 is 0 Å². The molecule has 128 valence electrons. The Labute approximate surface area is 144 Å². The number of nitrogens with one attached hydrogen (secondary N) is 1. The monoisotopic (exact) mass is 338 g/mol. The number of carboxylic acid groups (broad SMARTS) is 1. The van der Waals surface area contributed by atoms with Crippen LogP contribution < -0.4 is 5.73 Å². The smallest absolute Gasteiger partial charge is 0.339 e. The number of carboxylic acids is 1. The molecule has 0 aliphatic heterocycles. The summed E-state index contributed by atoms with van der Waals surface area (Å²) in [5.41, 5.74) is 8.33. The van der Waals surface area contributed by atoms with Crippen molar-refractivity contribution in [2.75, 3.05) is 0 Å². The fourth-order valence-corrected chi connectivity index (χ4v) is 2.71. The molecular weight excluding hydrogens is 320 g/mol. The molecule has 0 aliphatic rings. The number of fused-ring (bicyclic) bond motifs is 1. The van der Waals surface area contributed by atoms with Crippen molar-refractivity contribution < 1.29 is 19.4 Å². The van der Waals surface area contributed by atoms with Crippen LogP contribution in [-0.4, -0.2) is 28.1 Å². The summed E-state index contributed by atoms with van der Waals surface area (Å²) in [6.45, 7) is 0.171. The lowest BCUT2D eigenvalue weighted by atomic mass is 10.0. The number of benzene rings is 2. The van der Waals surface area contributed by atoms with Gasteiger partial charge in [0.25, 0.3) is 0 Å². The maximum absolute atomic E-state index is 12.5. The van der Waals surface area contributed by atoms with E-state index in [-0.39, 0.29) is 13.0 Å². The van der Waals surface area contributed by atoms with Gasteiger partial charge < -0.3 is 20.6 Å². The fourth-order valence-electron chi connectivity index (χ4n) is 2.71. The number of hydrogen-bond acceptors (Lipinski definition) is 4. The minimum Gasteiger partial charge on any atom is -0.480 e. The first-order valence-electron chi connectivity index (χ1n) is 7.84. The summed E-state index contributed by atoms with van der Waals surface area (Å²) in [5, 5.41) is 9.67. The van der Waals surface area contributed by atoms with Crippen molar-refractivity contribution in [3.63, 3.8) is 0 Å². The van der Waals surface area contributed by atoms with Crippen molar-refractivity contribution >= 4 is 22.8 Å². The van der Waals surface area contributed by atoms with Gasteiger partial charge in [0.2, 0.25) is 0 Å². The molecule has 0 spiro atoms. The third kappa shape index (κ3) is 3.70. The van der Waals surface area contributed by atoms with E-state index in [0.29, 0.717) is 16.5 Å². The van der Waals surface area contributed by atoms with E-state index in [1.807, 2.05) is 36.4 Å². The van der Waals surface area contributed by atoms with Crippen LogP contribution in [0.25, 0.3) is 10.9 Å². The van der Waals surface area contributed by atoms with Gasteiger partial charge in [-0.05, 0) is 23.3 Å². The molecule has 0 amide bonds. The SMILES string of the molecule is N[C@@H](Cc1c[nH]c2cccc(C(=O)OCc3ccccc3)c12)C(=O)O. The molecule has 3 rings (SSSR count). The molecule has 1 heterocycles. The van der Waals surface area contributed by atoms with E-state index in [2.05, 4.69) is 4.98 Å². The van der Waals surface area contributed by atoms with Crippen molar-refractivity contribution in [3.05, 3.63) is 71.4 Å². The Morgan fingerprint density at radius 3 is 2.60 bits per heavy atom. The summed E-state index contributed by atoms with van der Waals surface area (Å²) in [7, 11) is 0. The molecular formula is C19H18N2O4. The zero-order chi connectivity index (χ0) is 17.8. The van der Waals surface area contributed by atoms with Crippen LogP contribution in [0.1, 0.15) is 21.5 Å². The quantitative estimate of drug-likeness (QED) is 0.599. The highest BCUT2D eigenvalue weighted by molar-refractivity contribution is 6.05. The van der Waals surface area contributed by atoms with Crippen molar-refractivity contribution in [2.24, 2.45) is 5.73 Å². The topological polar surface area (TPSA) is 105 Å². The molecule has 1 aromatic heterocycles. The minimum absolute atomic E-state index is 0.123. The summed E-state index contributed by atoms with van der Waals surface area (Å²) in [6, 6.07) is 13.6. The number of hydrogen-bond donors (Lipinski definition) is 3. The zero-order valence-corrected chi connectivity index (χ0v) is 13.4. The van der Waals surface area contributed by atoms with Gasteiger partial charge in [-0.2, -0.15) is 0 Å². The lowest BCUT2D eigenvalue weighted by Crippen LogP contribution is -2.32. The third-order valence-corrected chi connectivity index (χ3v) is 3.98. The molecule has 0 radical (unpaired) electrons. The second-order valence-corrected chi connectivity index (χ2v) is 5.75. The van der Waals surface area contributed by atoms with Crippen LogP contribution in [0.3, 0.4) is 0 Å². The maximum atomic E-state index is 12.5. The molecule has 0 aliphatic carbocycles. The average Bonchev–Trinajstić information content (AvgIpc) is 3.03. The van der Waals surface area contributed by atoms with Crippen molar-refractivity contribution in [1.82, 2.24) is 4.98 Å². The van der Waals surface area contributed by atoms with E-state index in [4.69, 9.17) is 15.6 Å². The molecule has 4 N–H and O–H groups in total. The first-order valence-corrected chi connectivity index (χ1v) is 7.84. The Morgan fingerprint density at radius 1 is 1.12 bits per heavy atom. The number of H-pyrrole nitrogens is 1. The van der Waals surface area contributed by atoms with Crippen molar-refractivity contribution in [3.8, 4) is 0 Å². The molecule has 0 unspecified atom stereocenters.